The van der Waals surface area contributed by atoms with Crippen molar-refractivity contribution in [3.8, 4) is 0 Å². The molecule has 0 spiro atoms. The number of nitrogens with one attached hydrogen (secondary N) is 1. The molecule has 0 aliphatic rings. The molecule has 3 N–H and O–H groups in total. The smallest absolute Gasteiger partial charge is 0.242 e. The van der Waals surface area contributed by atoms with Gasteiger partial charge in [-0.1, -0.05) is 31.9 Å². The van der Waals surface area contributed by atoms with E-state index in [0.29, 0.717) is 10.8 Å². The number of aromatic nitrogens is 1. The molecule has 5 heteroatoms. The van der Waals surface area contributed by atoms with E-state index in [4.69, 9.17) is 17.3 Å². The van der Waals surface area contributed by atoms with Gasteiger partial charge in [0, 0.05) is 6.20 Å². The van der Waals surface area contributed by atoms with Crippen LogP contribution in [0.3, 0.4) is 0 Å². The number of nitrogens with zero attached hydrogens (tertiary/aromatic N) is 1. The second kappa shape index (κ2) is 5.82. The Labute approximate surface area is 100 Å². The highest BCUT2D eigenvalue weighted by atomic mass is 35.5. The van der Waals surface area contributed by atoms with Crippen molar-refractivity contribution in [2.45, 2.75) is 26.3 Å². The quantitative estimate of drug-likeness (QED) is 0.848. The van der Waals surface area contributed by atoms with Crippen LogP contribution in [0, 0.1) is 5.92 Å². The van der Waals surface area contributed by atoms with E-state index in [0.717, 1.165) is 6.42 Å². The van der Waals surface area contributed by atoms with Crippen molar-refractivity contribution < 1.29 is 4.79 Å². The van der Waals surface area contributed by atoms with Crippen LogP contribution >= 0.6 is 11.6 Å². The molecule has 0 fully saturated rings. The molecule has 0 saturated carbocycles. The van der Waals surface area contributed by atoms with Crippen molar-refractivity contribution in [1.82, 2.24) is 4.98 Å². The molecule has 0 bridgehead atoms. The van der Waals surface area contributed by atoms with E-state index in [1.807, 2.05) is 13.8 Å². The summed E-state index contributed by atoms with van der Waals surface area (Å²) in [4.78, 5) is 15.7. The number of amides is 1. The monoisotopic (exact) mass is 241 g/mol. The highest BCUT2D eigenvalue weighted by Crippen LogP contribution is 2.18. The van der Waals surface area contributed by atoms with Gasteiger partial charge in [0.05, 0.1) is 11.1 Å². The van der Waals surface area contributed by atoms with E-state index in [2.05, 4.69) is 10.3 Å². The minimum Gasteiger partial charge on any atom is -0.320 e. The van der Waals surface area contributed by atoms with Gasteiger partial charge in [0.15, 0.2) is 5.82 Å². The number of hydrogen-bond acceptors (Lipinski definition) is 3. The Bertz CT molecular complexity index is 370. The Morgan fingerprint density at radius 1 is 1.69 bits per heavy atom. The van der Waals surface area contributed by atoms with Gasteiger partial charge in [-0.2, -0.15) is 0 Å². The zero-order valence-electron chi connectivity index (χ0n) is 9.40. The van der Waals surface area contributed by atoms with Crippen molar-refractivity contribution in [2.75, 3.05) is 5.32 Å². The summed E-state index contributed by atoms with van der Waals surface area (Å²) in [6, 6.07) is 2.83. The second-order valence-electron chi connectivity index (χ2n) is 3.73. The standard InChI is InChI=1S/C11H16ClN3O/c1-3-7(2)9(13)11(16)15-10-8(12)5-4-6-14-10/h4-7,9H,3,13H2,1-2H3,(H,14,15,16). The van der Waals surface area contributed by atoms with Crippen molar-refractivity contribution >= 4 is 23.3 Å². The first-order valence-corrected chi connectivity index (χ1v) is 5.61. The fourth-order valence-electron chi connectivity index (χ4n) is 1.19. The third-order valence-electron chi connectivity index (χ3n) is 2.56. The topological polar surface area (TPSA) is 68.0 Å². The highest BCUT2D eigenvalue weighted by molar-refractivity contribution is 6.33. The molecular formula is C11H16ClN3O. The van der Waals surface area contributed by atoms with Crippen LogP contribution in [0.5, 0.6) is 0 Å². The summed E-state index contributed by atoms with van der Waals surface area (Å²) in [5, 5.41) is 3.03. The fraction of sp³-hybridized carbons (Fsp3) is 0.455. The zero-order chi connectivity index (χ0) is 12.1. The number of anilines is 1. The third-order valence-corrected chi connectivity index (χ3v) is 2.86. The van der Waals surface area contributed by atoms with Gasteiger partial charge < -0.3 is 11.1 Å². The Balaban J connectivity index is 2.68. The molecule has 0 aromatic carbocycles. The lowest BCUT2D eigenvalue weighted by atomic mass is 9.99. The second-order valence-corrected chi connectivity index (χ2v) is 4.14. The van der Waals surface area contributed by atoms with Crippen LogP contribution in [0.15, 0.2) is 18.3 Å². The summed E-state index contributed by atoms with van der Waals surface area (Å²) in [6.45, 7) is 3.93. The van der Waals surface area contributed by atoms with E-state index in [9.17, 15) is 4.79 Å². The van der Waals surface area contributed by atoms with Gasteiger partial charge >= 0.3 is 0 Å². The molecule has 1 aromatic heterocycles. The minimum absolute atomic E-state index is 0.127. The van der Waals surface area contributed by atoms with Crippen LogP contribution in [-0.4, -0.2) is 16.9 Å². The number of carbonyl (C=O) groups is 1. The summed E-state index contributed by atoms with van der Waals surface area (Å²) < 4.78 is 0. The molecule has 0 aliphatic carbocycles. The molecule has 4 nitrogen and oxygen atoms in total. The first kappa shape index (κ1) is 12.9. The first-order valence-electron chi connectivity index (χ1n) is 5.23. The first-order chi connectivity index (χ1) is 7.56. The Hall–Kier alpha value is -1.13. The third kappa shape index (κ3) is 3.18. The number of rotatable bonds is 4. The predicted octanol–water partition coefficient (Wildman–Crippen LogP) is 2.05. The van der Waals surface area contributed by atoms with Crippen LogP contribution in [0.1, 0.15) is 20.3 Å². The van der Waals surface area contributed by atoms with Gasteiger partial charge in [0.2, 0.25) is 5.91 Å². The molecule has 1 aromatic rings. The van der Waals surface area contributed by atoms with Gasteiger partial charge in [-0.15, -0.1) is 0 Å². The van der Waals surface area contributed by atoms with Gasteiger partial charge in [-0.3, -0.25) is 4.79 Å². The number of carbonyl (C=O) groups excluding carboxylic acids is 1. The maximum Gasteiger partial charge on any atom is 0.242 e. The zero-order valence-corrected chi connectivity index (χ0v) is 10.2. The lowest BCUT2D eigenvalue weighted by Crippen LogP contribution is -2.40. The molecular weight excluding hydrogens is 226 g/mol. The molecule has 2 unspecified atom stereocenters. The van der Waals surface area contributed by atoms with E-state index < -0.39 is 6.04 Å². The molecule has 1 rings (SSSR count). The molecule has 16 heavy (non-hydrogen) atoms. The predicted molar refractivity (Wildman–Crippen MR) is 65.3 cm³/mol. The summed E-state index contributed by atoms with van der Waals surface area (Å²) in [5.41, 5.74) is 5.79. The molecule has 88 valence electrons. The van der Waals surface area contributed by atoms with E-state index in [1.165, 1.54) is 0 Å². The van der Waals surface area contributed by atoms with Gasteiger partial charge in [-0.25, -0.2) is 4.98 Å². The molecule has 2 atom stereocenters. The number of nitrogens with two attached hydrogens (primary N) is 1. The van der Waals surface area contributed by atoms with E-state index >= 15 is 0 Å². The molecule has 1 amide bonds. The molecule has 0 saturated heterocycles. The summed E-state index contributed by atoms with van der Waals surface area (Å²) in [7, 11) is 0. The van der Waals surface area contributed by atoms with E-state index in [1.54, 1.807) is 18.3 Å². The minimum atomic E-state index is -0.539. The van der Waals surface area contributed by atoms with Crippen LogP contribution in [-0.2, 0) is 4.79 Å². The maximum atomic E-state index is 11.7. The van der Waals surface area contributed by atoms with Crippen LogP contribution in [0.4, 0.5) is 5.82 Å². The largest absolute Gasteiger partial charge is 0.320 e. The Kier molecular flexibility index (Phi) is 4.71. The average Bonchev–Trinajstić information content (AvgIpc) is 2.30. The van der Waals surface area contributed by atoms with Gasteiger partial charge in [0.1, 0.15) is 0 Å². The van der Waals surface area contributed by atoms with Crippen molar-refractivity contribution in [3.63, 3.8) is 0 Å². The fourth-order valence-corrected chi connectivity index (χ4v) is 1.36. The Morgan fingerprint density at radius 3 is 2.94 bits per heavy atom. The van der Waals surface area contributed by atoms with Crippen molar-refractivity contribution in [1.29, 1.82) is 0 Å². The van der Waals surface area contributed by atoms with Crippen LogP contribution < -0.4 is 11.1 Å². The normalized spacial score (nSPS) is 14.2. The maximum absolute atomic E-state index is 11.7. The molecule has 0 aliphatic heterocycles. The number of pyridine rings is 1. The van der Waals surface area contributed by atoms with Crippen LogP contribution in [0.25, 0.3) is 0 Å². The highest BCUT2D eigenvalue weighted by Gasteiger charge is 2.20. The van der Waals surface area contributed by atoms with Gasteiger partial charge in [0.25, 0.3) is 0 Å². The lowest BCUT2D eigenvalue weighted by Gasteiger charge is -2.17. The van der Waals surface area contributed by atoms with E-state index in [-0.39, 0.29) is 11.8 Å². The van der Waals surface area contributed by atoms with Gasteiger partial charge in [-0.05, 0) is 18.1 Å². The lowest BCUT2D eigenvalue weighted by molar-refractivity contribution is -0.118. The van der Waals surface area contributed by atoms with Crippen molar-refractivity contribution in [3.05, 3.63) is 23.4 Å². The summed E-state index contributed by atoms with van der Waals surface area (Å²) in [5.74, 6) is 0.227. The number of halogens is 1. The summed E-state index contributed by atoms with van der Waals surface area (Å²) >= 11 is 5.87. The van der Waals surface area contributed by atoms with Crippen molar-refractivity contribution in [2.24, 2.45) is 11.7 Å². The summed E-state index contributed by atoms with van der Waals surface area (Å²) in [6.07, 6.45) is 2.42. The van der Waals surface area contributed by atoms with Crippen LogP contribution in [0.2, 0.25) is 5.02 Å². The number of hydrogen-bond donors (Lipinski definition) is 2. The molecule has 1 heterocycles. The Morgan fingerprint density at radius 2 is 2.38 bits per heavy atom. The SMILES string of the molecule is CCC(C)C(N)C(=O)Nc1ncccc1Cl. The average molecular weight is 242 g/mol. The molecule has 0 radical (unpaired) electrons.